The van der Waals surface area contributed by atoms with E-state index in [9.17, 15) is 9.59 Å². The number of methoxy groups -OCH3 is 1. The number of carbonyl (C=O) groups is 2. The average molecular weight is 338 g/mol. The van der Waals surface area contributed by atoms with Gasteiger partial charge in [-0.15, -0.1) is 0 Å². The lowest BCUT2D eigenvalue weighted by Crippen LogP contribution is -2.52. The molecule has 1 heterocycles. The van der Waals surface area contributed by atoms with Crippen molar-refractivity contribution in [1.29, 1.82) is 0 Å². The molecule has 0 radical (unpaired) electrons. The summed E-state index contributed by atoms with van der Waals surface area (Å²) < 4.78 is 5.15. The van der Waals surface area contributed by atoms with Gasteiger partial charge in [0.15, 0.2) is 0 Å². The monoisotopic (exact) mass is 338 g/mol. The SMILES string of the molecule is COc1ccc(CCC(=O)N2CCNC(=O)C2c2ccccc2)cc1. The Labute approximate surface area is 147 Å². The van der Waals surface area contributed by atoms with E-state index in [0.29, 0.717) is 25.9 Å². The Morgan fingerprint density at radius 2 is 1.88 bits per heavy atom. The molecule has 3 rings (SSSR count). The summed E-state index contributed by atoms with van der Waals surface area (Å²) in [5.74, 6) is 0.682. The molecule has 1 aliphatic heterocycles. The largest absolute Gasteiger partial charge is 0.497 e. The zero-order valence-electron chi connectivity index (χ0n) is 14.3. The van der Waals surface area contributed by atoms with Crippen LogP contribution >= 0.6 is 0 Å². The highest BCUT2D eigenvalue weighted by Crippen LogP contribution is 2.24. The molecule has 1 atom stereocenters. The molecule has 5 heteroatoms. The summed E-state index contributed by atoms with van der Waals surface area (Å²) in [6.07, 6.45) is 1.02. The van der Waals surface area contributed by atoms with Crippen molar-refractivity contribution in [1.82, 2.24) is 10.2 Å². The molecule has 0 spiro atoms. The van der Waals surface area contributed by atoms with Crippen molar-refractivity contribution in [2.24, 2.45) is 0 Å². The smallest absolute Gasteiger partial charge is 0.247 e. The molecule has 0 aliphatic carbocycles. The first-order chi connectivity index (χ1) is 12.2. The van der Waals surface area contributed by atoms with Crippen LogP contribution in [0, 0.1) is 0 Å². The van der Waals surface area contributed by atoms with Crippen molar-refractivity contribution in [3.05, 3.63) is 65.7 Å². The molecular weight excluding hydrogens is 316 g/mol. The van der Waals surface area contributed by atoms with Crippen molar-refractivity contribution in [2.75, 3.05) is 20.2 Å². The Bertz CT molecular complexity index is 728. The molecule has 1 aliphatic rings. The van der Waals surface area contributed by atoms with E-state index in [1.165, 1.54) is 0 Å². The molecule has 1 saturated heterocycles. The number of hydrogen-bond acceptors (Lipinski definition) is 3. The Hall–Kier alpha value is -2.82. The summed E-state index contributed by atoms with van der Waals surface area (Å²) in [6, 6.07) is 16.6. The van der Waals surface area contributed by atoms with Crippen molar-refractivity contribution in [2.45, 2.75) is 18.9 Å². The van der Waals surface area contributed by atoms with E-state index in [2.05, 4.69) is 5.32 Å². The number of nitrogens with zero attached hydrogens (tertiary/aromatic N) is 1. The minimum atomic E-state index is -0.543. The molecule has 2 aromatic carbocycles. The second-order valence-corrected chi connectivity index (χ2v) is 6.04. The van der Waals surface area contributed by atoms with Crippen LogP contribution in [0.2, 0.25) is 0 Å². The standard InChI is InChI=1S/C20H22N2O3/c1-25-17-10-7-15(8-11-17)9-12-18(23)22-14-13-21-20(24)19(22)16-5-3-2-4-6-16/h2-8,10-11,19H,9,12-14H2,1H3,(H,21,24). The van der Waals surface area contributed by atoms with Gasteiger partial charge in [-0.05, 0) is 29.7 Å². The molecule has 130 valence electrons. The van der Waals surface area contributed by atoms with Gasteiger partial charge in [0.05, 0.1) is 7.11 Å². The Morgan fingerprint density at radius 3 is 2.56 bits per heavy atom. The second kappa shape index (κ2) is 7.83. The first-order valence-corrected chi connectivity index (χ1v) is 8.44. The maximum absolute atomic E-state index is 12.7. The first-order valence-electron chi connectivity index (χ1n) is 8.44. The number of hydrogen-bond donors (Lipinski definition) is 1. The zero-order valence-corrected chi connectivity index (χ0v) is 14.3. The molecule has 1 fully saturated rings. The van der Waals surface area contributed by atoms with E-state index in [1.807, 2.05) is 54.6 Å². The summed E-state index contributed by atoms with van der Waals surface area (Å²) in [7, 11) is 1.63. The van der Waals surface area contributed by atoms with E-state index in [1.54, 1.807) is 12.0 Å². The molecular formula is C20H22N2O3. The van der Waals surface area contributed by atoms with Crippen LogP contribution in [-0.2, 0) is 16.0 Å². The fourth-order valence-electron chi connectivity index (χ4n) is 3.09. The highest BCUT2D eigenvalue weighted by atomic mass is 16.5. The van der Waals surface area contributed by atoms with Crippen molar-refractivity contribution < 1.29 is 14.3 Å². The number of nitrogens with one attached hydrogen (secondary N) is 1. The van der Waals surface area contributed by atoms with E-state index in [-0.39, 0.29) is 11.8 Å². The van der Waals surface area contributed by atoms with Gasteiger partial charge in [0, 0.05) is 19.5 Å². The van der Waals surface area contributed by atoms with E-state index in [0.717, 1.165) is 16.9 Å². The van der Waals surface area contributed by atoms with Gasteiger partial charge in [-0.25, -0.2) is 0 Å². The van der Waals surface area contributed by atoms with Gasteiger partial charge in [-0.3, -0.25) is 9.59 Å². The third kappa shape index (κ3) is 3.99. The summed E-state index contributed by atoms with van der Waals surface area (Å²) in [4.78, 5) is 26.8. The first kappa shape index (κ1) is 17.0. The van der Waals surface area contributed by atoms with Crippen molar-refractivity contribution in [3.63, 3.8) is 0 Å². The predicted octanol–water partition coefficient (Wildman–Crippen LogP) is 2.33. The number of piperazine rings is 1. The van der Waals surface area contributed by atoms with Crippen LogP contribution in [0.15, 0.2) is 54.6 Å². The van der Waals surface area contributed by atoms with Crippen molar-refractivity contribution in [3.8, 4) is 5.75 Å². The number of ether oxygens (including phenoxy) is 1. The topological polar surface area (TPSA) is 58.6 Å². The summed E-state index contributed by atoms with van der Waals surface area (Å²) >= 11 is 0. The minimum Gasteiger partial charge on any atom is -0.497 e. The number of aryl methyl sites for hydroxylation is 1. The number of carbonyl (C=O) groups excluding carboxylic acids is 2. The van der Waals surface area contributed by atoms with Crippen LogP contribution < -0.4 is 10.1 Å². The van der Waals surface area contributed by atoms with Gasteiger partial charge in [0.1, 0.15) is 11.8 Å². The predicted molar refractivity (Wildman–Crippen MR) is 95.2 cm³/mol. The lowest BCUT2D eigenvalue weighted by atomic mass is 10.0. The third-order valence-corrected chi connectivity index (χ3v) is 4.43. The second-order valence-electron chi connectivity index (χ2n) is 6.04. The van der Waals surface area contributed by atoms with Gasteiger partial charge in [-0.1, -0.05) is 42.5 Å². The normalized spacial score (nSPS) is 17.1. The van der Waals surface area contributed by atoms with Crippen LogP contribution in [0.25, 0.3) is 0 Å². The van der Waals surface area contributed by atoms with Crippen LogP contribution in [0.3, 0.4) is 0 Å². The highest BCUT2D eigenvalue weighted by molar-refractivity contribution is 5.89. The molecule has 5 nitrogen and oxygen atoms in total. The Kier molecular flexibility index (Phi) is 5.33. The Morgan fingerprint density at radius 1 is 1.16 bits per heavy atom. The van der Waals surface area contributed by atoms with Crippen LogP contribution in [-0.4, -0.2) is 36.9 Å². The molecule has 0 saturated carbocycles. The lowest BCUT2D eigenvalue weighted by Gasteiger charge is -2.35. The Balaban J connectivity index is 1.69. The number of rotatable bonds is 5. The molecule has 25 heavy (non-hydrogen) atoms. The molecule has 0 aromatic heterocycles. The van der Waals surface area contributed by atoms with Gasteiger partial charge in [0.2, 0.25) is 11.8 Å². The molecule has 2 amide bonds. The fourth-order valence-corrected chi connectivity index (χ4v) is 3.09. The van der Waals surface area contributed by atoms with Crippen LogP contribution in [0.5, 0.6) is 5.75 Å². The molecule has 1 unspecified atom stereocenters. The molecule has 1 N–H and O–H groups in total. The minimum absolute atomic E-state index is 0.000443. The summed E-state index contributed by atoms with van der Waals surface area (Å²) in [5, 5.41) is 2.86. The molecule has 2 aromatic rings. The lowest BCUT2D eigenvalue weighted by molar-refractivity contribution is -0.143. The van der Waals surface area contributed by atoms with Gasteiger partial charge in [0.25, 0.3) is 0 Å². The van der Waals surface area contributed by atoms with E-state index < -0.39 is 6.04 Å². The number of benzene rings is 2. The van der Waals surface area contributed by atoms with E-state index in [4.69, 9.17) is 4.74 Å². The van der Waals surface area contributed by atoms with Crippen molar-refractivity contribution >= 4 is 11.8 Å². The van der Waals surface area contributed by atoms with Crippen LogP contribution in [0.1, 0.15) is 23.6 Å². The molecule has 0 bridgehead atoms. The van der Waals surface area contributed by atoms with E-state index >= 15 is 0 Å². The van der Waals surface area contributed by atoms with Gasteiger partial charge >= 0.3 is 0 Å². The summed E-state index contributed by atoms with van der Waals surface area (Å²) in [6.45, 7) is 1.03. The summed E-state index contributed by atoms with van der Waals surface area (Å²) in [5.41, 5.74) is 1.92. The number of amides is 2. The van der Waals surface area contributed by atoms with Gasteiger partial charge in [-0.2, -0.15) is 0 Å². The van der Waals surface area contributed by atoms with Gasteiger partial charge < -0.3 is 15.0 Å². The quantitative estimate of drug-likeness (QED) is 0.910. The maximum Gasteiger partial charge on any atom is 0.247 e. The fraction of sp³-hybridized carbons (Fsp3) is 0.300. The van der Waals surface area contributed by atoms with Crippen LogP contribution in [0.4, 0.5) is 0 Å². The average Bonchev–Trinajstić information content (AvgIpc) is 2.67. The highest BCUT2D eigenvalue weighted by Gasteiger charge is 2.33. The zero-order chi connectivity index (χ0) is 17.6. The third-order valence-electron chi connectivity index (χ3n) is 4.43. The maximum atomic E-state index is 12.7.